The minimum atomic E-state index is -4.21. The number of carbonyl (C=O) groups excluding carboxylic acids is 2. The Morgan fingerprint density at radius 2 is 1.36 bits per heavy atom. The van der Waals surface area contributed by atoms with Gasteiger partial charge in [0.1, 0.15) is 29.9 Å². The molecule has 44 heavy (non-hydrogen) atoms. The fourth-order valence-electron chi connectivity index (χ4n) is 4.38. The maximum atomic E-state index is 14.0. The van der Waals surface area contributed by atoms with Gasteiger partial charge in [-0.15, -0.1) is 0 Å². The summed E-state index contributed by atoms with van der Waals surface area (Å²) in [6.07, 6.45) is 0. The van der Waals surface area contributed by atoms with Crippen LogP contribution in [0.1, 0.15) is 26.3 Å². The summed E-state index contributed by atoms with van der Waals surface area (Å²) in [5.41, 5.74) is 0.824. The monoisotopic (exact) mass is 617 g/mol. The molecule has 4 aromatic rings. The minimum Gasteiger partial charge on any atom is -0.457 e. The second-order valence-electron chi connectivity index (χ2n) is 10.7. The number of sulfonamides is 1. The van der Waals surface area contributed by atoms with Crippen molar-refractivity contribution in [3.63, 3.8) is 0 Å². The standard InChI is InChI=1S/C34H36FN3O5S/c1-25(2)22-36-34(40)26(3)37(23-27-14-16-28(35)17-15-27)33(39)24-38(44(41,42)32-12-8-5-9-13-32)29-18-20-31(21-19-29)43-30-10-6-4-7-11-30/h4-21,25-26H,22-24H2,1-3H3,(H,36,40)/t26-/m1/s1. The van der Waals surface area contributed by atoms with Gasteiger partial charge in [0.15, 0.2) is 0 Å². The smallest absolute Gasteiger partial charge is 0.264 e. The van der Waals surface area contributed by atoms with Crippen molar-refractivity contribution in [1.29, 1.82) is 0 Å². The second-order valence-corrected chi connectivity index (χ2v) is 12.6. The Labute approximate surface area is 258 Å². The van der Waals surface area contributed by atoms with E-state index in [4.69, 9.17) is 4.74 Å². The summed E-state index contributed by atoms with van der Waals surface area (Å²) in [6.45, 7) is 5.29. The maximum Gasteiger partial charge on any atom is 0.264 e. The molecule has 0 heterocycles. The van der Waals surface area contributed by atoms with E-state index in [9.17, 15) is 22.4 Å². The third-order valence-corrected chi connectivity index (χ3v) is 8.62. The van der Waals surface area contributed by atoms with Gasteiger partial charge in [-0.05, 0) is 79.1 Å². The predicted molar refractivity (Wildman–Crippen MR) is 168 cm³/mol. The lowest BCUT2D eigenvalue weighted by atomic mass is 10.1. The van der Waals surface area contributed by atoms with Crippen molar-refractivity contribution in [2.45, 2.75) is 38.3 Å². The Hall–Kier alpha value is -4.70. The Morgan fingerprint density at radius 1 is 0.795 bits per heavy atom. The van der Waals surface area contributed by atoms with Crippen molar-refractivity contribution < 1.29 is 27.1 Å². The average molecular weight is 618 g/mol. The molecule has 0 radical (unpaired) electrons. The van der Waals surface area contributed by atoms with Crippen LogP contribution in [0.15, 0.2) is 114 Å². The molecule has 0 aliphatic rings. The van der Waals surface area contributed by atoms with E-state index in [1.807, 2.05) is 32.0 Å². The highest BCUT2D eigenvalue weighted by Crippen LogP contribution is 2.28. The molecule has 10 heteroatoms. The highest BCUT2D eigenvalue weighted by atomic mass is 32.2. The van der Waals surface area contributed by atoms with Crippen LogP contribution in [-0.4, -0.2) is 44.3 Å². The van der Waals surface area contributed by atoms with Crippen LogP contribution in [0.5, 0.6) is 11.5 Å². The normalized spacial score (nSPS) is 11.9. The number of carbonyl (C=O) groups is 2. The first kappa shape index (κ1) is 32.2. The number of nitrogens with zero attached hydrogens (tertiary/aromatic N) is 2. The van der Waals surface area contributed by atoms with Gasteiger partial charge in [-0.1, -0.05) is 62.4 Å². The summed E-state index contributed by atoms with van der Waals surface area (Å²) in [4.78, 5) is 28.4. The van der Waals surface area contributed by atoms with Crippen LogP contribution in [0.2, 0.25) is 0 Å². The van der Waals surface area contributed by atoms with Crippen molar-refractivity contribution in [1.82, 2.24) is 10.2 Å². The number of hydrogen-bond acceptors (Lipinski definition) is 5. The molecule has 0 aromatic heterocycles. The van der Waals surface area contributed by atoms with Gasteiger partial charge in [0.05, 0.1) is 10.6 Å². The van der Waals surface area contributed by atoms with E-state index >= 15 is 0 Å². The van der Waals surface area contributed by atoms with Crippen molar-refractivity contribution in [3.05, 3.63) is 121 Å². The van der Waals surface area contributed by atoms with Crippen molar-refractivity contribution in [2.24, 2.45) is 5.92 Å². The molecule has 0 saturated carbocycles. The van der Waals surface area contributed by atoms with E-state index in [1.165, 1.54) is 41.3 Å². The van der Waals surface area contributed by atoms with E-state index in [0.29, 0.717) is 23.6 Å². The number of hydrogen-bond donors (Lipinski definition) is 1. The minimum absolute atomic E-state index is 0.00483. The first-order chi connectivity index (χ1) is 21.0. The maximum absolute atomic E-state index is 14.0. The molecule has 0 aliphatic carbocycles. The lowest BCUT2D eigenvalue weighted by Gasteiger charge is -2.32. The van der Waals surface area contributed by atoms with Crippen molar-refractivity contribution in [2.75, 3.05) is 17.4 Å². The molecule has 1 N–H and O–H groups in total. The van der Waals surface area contributed by atoms with Gasteiger partial charge < -0.3 is 15.0 Å². The van der Waals surface area contributed by atoms with E-state index < -0.39 is 34.3 Å². The molecule has 4 aromatic carbocycles. The number of nitrogens with one attached hydrogen (secondary N) is 1. The zero-order valence-corrected chi connectivity index (χ0v) is 25.7. The Morgan fingerprint density at radius 3 is 1.95 bits per heavy atom. The lowest BCUT2D eigenvalue weighted by molar-refractivity contribution is -0.139. The summed E-state index contributed by atoms with van der Waals surface area (Å²) in [5, 5.41) is 2.84. The number of amides is 2. The first-order valence-corrected chi connectivity index (χ1v) is 15.7. The molecule has 0 unspecified atom stereocenters. The zero-order chi connectivity index (χ0) is 31.7. The van der Waals surface area contributed by atoms with E-state index in [2.05, 4.69) is 5.32 Å². The highest BCUT2D eigenvalue weighted by molar-refractivity contribution is 7.92. The van der Waals surface area contributed by atoms with Crippen LogP contribution in [0, 0.1) is 11.7 Å². The predicted octanol–water partition coefficient (Wildman–Crippen LogP) is 6.00. The number of halogens is 1. The van der Waals surface area contributed by atoms with Crippen LogP contribution in [0.4, 0.5) is 10.1 Å². The fraction of sp³-hybridized carbons (Fsp3) is 0.235. The number of benzene rings is 4. The lowest BCUT2D eigenvalue weighted by Crippen LogP contribution is -2.51. The van der Waals surface area contributed by atoms with Crippen LogP contribution in [-0.2, 0) is 26.2 Å². The van der Waals surface area contributed by atoms with Gasteiger partial charge in [-0.25, -0.2) is 12.8 Å². The van der Waals surface area contributed by atoms with Crippen molar-refractivity contribution in [3.8, 4) is 11.5 Å². The van der Waals surface area contributed by atoms with Crippen molar-refractivity contribution >= 4 is 27.5 Å². The summed E-state index contributed by atoms with van der Waals surface area (Å²) in [7, 11) is -4.21. The molecule has 2 amide bonds. The molecule has 0 fully saturated rings. The molecule has 230 valence electrons. The Balaban J connectivity index is 1.67. The van der Waals surface area contributed by atoms with Crippen LogP contribution in [0.3, 0.4) is 0 Å². The number of ether oxygens (including phenoxy) is 1. The molecular weight excluding hydrogens is 581 g/mol. The fourth-order valence-corrected chi connectivity index (χ4v) is 5.81. The topological polar surface area (TPSA) is 96.0 Å². The molecule has 4 rings (SSSR count). The third-order valence-electron chi connectivity index (χ3n) is 6.83. The summed E-state index contributed by atoms with van der Waals surface area (Å²) in [6, 6.07) is 28.0. The average Bonchev–Trinajstić information content (AvgIpc) is 3.03. The molecule has 1 atom stereocenters. The van der Waals surface area contributed by atoms with Gasteiger partial charge in [0, 0.05) is 13.1 Å². The second kappa shape index (κ2) is 14.7. The summed E-state index contributed by atoms with van der Waals surface area (Å²) >= 11 is 0. The van der Waals surface area contributed by atoms with Crippen LogP contribution >= 0.6 is 0 Å². The summed E-state index contributed by atoms with van der Waals surface area (Å²) < 4.78 is 48.4. The number of anilines is 1. The molecule has 0 bridgehead atoms. The number of rotatable bonds is 13. The van der Waals surface area contributed by atoms with E-state index in [0.717, 1.165) is 4.31 Å². The van der Waals surface area contributed by atoms with Gasteiger partial charge in [0.25, 0.3) is 10.0 Å². The zero-order valence-electron chi connectivity index (χ0n) is 24.9. The van der Waals surface area contributed by atoms with E-state index in [1.54, 1.807) is 61.5 Å². The first-order valence-electron chi connectivity index (χ1n) is 14.3. The third kappa shape index (κ3) is 8.44. The Kier molecular flexibility index (Phi) is 10.7. The van der Waals surface area contributed by atoms with Crippen LogP contribution < -0.4 is 14.4 Å². The van der Waals surface area contributed by atoms with Gasteiger partial charge >= 0.3 is 0 Å². The number of para-hydroxylation sites is 1. The largest absolute Gasteiger partial charge is 0.457 e. The van der Waals surface area contributed by atoms with Crippen LogP contribution in [0.25, 0.3) is 0 Å². The molecule has 0 saturated heterocycles. The summed E-state index contributed by atoms with van der Waals surface area (Å²) in [5.74, 6) is -0.135. The molecule has 0 spiro atoms. The van der Waals surface area contributed by atoms with E-state index in [-0.39, 0.29) is 29.0 Å². The van der Waals surface area contributed by atoms with Gasteiger partial charge in [0.2, 0.25) is 11.8 Å². The highest BCUT2D eigenvalue weighted by Gasteiger charge is 2.32. The van der Waals surface area contributed by atoms with Gasteiger partial charge in [-0.3, -0.25) is 13.9 Å². The Bertz CT molecular complexity index is 1630. The molecular formula is C34H36FN3O5S. The van der Waals surface area contributed by atoms with Gasteiger partial charge in [-0.2, -0.15) is 0 Å². The SMILES string of the molecule is CC(C)CNC(=O)[C@@H](C)N(Cc1ccc(F)cc1)C(=O)CN(c1ccc(Oc2ccccc2)cc1)S(=O)(=O)c1ccccc1. The molecule has 0 aliphatic heterocycles. The molecule has 8 nitrogen and oxygen atoms in total. The quantitative estimate of drug-likeness (QED) is 0.199.